The second-order valence-corrected chi connectivity index (χ2v) is 6.12. The summed E-state index contributed by atoms with van der Waals surface area (Å²) in [6, 6.07) is 0.646. The molecule has 1 N–H and O–H groups in total. The largest absolute Gasteiger partial charge is 0.385 e. The van der Waals surface area contributed by atoms with Crippen LogP contribution in [-0.4, -0.2) is 63.0 Å². The molecule has 0 saturated carbocycles. The van der Waals surface area contributed by atoms with Crippen LogP contribution in [0.15, 0.2) is 0 Å². The van der Waals surface area contributed by atoms with E-state index >= 15 is 0 Å². The van der Waals surface area contributed by atoms with E-state index in [1.165, 1.54) is 19.3 Å². The van der Waals surface area contributed by atoms with E-state index in [4.69, 9.17) is 9.47 Å². The zero-order valence-corrected chi connectivity index (χ0v) is 13.9. The van der Waals surface area contributed by atoms with Crippen molar-refractivity contribution in [3.05, 3.63) is 0 Å². The van der Waals surface area contributed by atoms with Crippen LogP contribution in [-0.2, 0) is 9.47 Å². The van der Waals surface area contributed by atoms with Gasteiger partial charge in [0, 0.05) is 51.5 Å². The lowest BCUT2D eigenvalue weighted by Gasteiger charge is -2.48. The maximum absolute atomic E-state index is 5.73. The highest BCUT2D eigenvalue weighted by Crippen LogP contribution is 2.23. The van der Waals surface area contributed by atoms with Gasteiger partial charge in [0.2, 0.25) is 0 Å². The minimum Gasteiger partial charge on any atom is -0.385 e. The molecule has 1 fully saturated rings. The molecule has 2 unspecified atom stereocenters. The van der Waals surface area contributed by atoms with E-state index in [0.717, 1.165) is 45.9 Å². The van der Waals surface area contributed by atoms with Crippen LogP contribution in [0.1, 0.15) is 46.5 Å². The monoisotopic (exact) mass is 286 g/mol. The first-order chi connectivity index (χ1) is 9.66. The maximum atomic E-state index is 5.73. The van der Waals surface area contributed by atoms with Gasteiger partial charge in [-0.2, -0.15) is 0 Å². The van der Waals surface area contributed by atoms with Crippen LogP contribution in [0, 0.1) is 0 Å². The van der Waals surface area contributed by atoms with Crippen molar-refractivity contribution in [2.24, 2.45) is 0 Å². The van der Waals surface area contributed by atoms with Crippen molar-refractivity contribution >= 4 is 0 Å². The summed E-state index contributed by atoms with van der Waals surface area (Å²) in [6.45, 7) is 12.6. The number of hydrogen-bond donors (Lipinski definition) is 1. The third-order valence-corrected chi connectivity index (χ3v) is 4.52. The van der Waals surface area contributed by atoms with Gasteiger partial charge >= 0.3 is 0 Å². The quantitative estimate of drug-likeness (QED) is 0.625. The molecular formula is C16H34N2O2. The van der Waals surface area contributed by atoms with Crippen LogP contribution in [0.5, 0.6) is 0 Å². The molecule has 0 amide bonds. The van der Waals surface area contributed by atoms with E-state index in [1.54, 1.807) is 7.11 Å². The Bertz CT molecular complexity index is 251. The molecule has 1 aliphatic heterocycles. The molecule has 0 aromatic rings. The Kier molecular flexibility index (Phi) is 8.69. The third kappa shape index (κ3) is 5.68. The van der Waals surface area contributed by atoms with Crippen molar-refractivity contribution in [2.45, 2.75) is 58.0 Å². The molecule has 120 valence electrons. The summed E-state index contributed by atoms with van der Waals surface area (Å²) >= 11 is 0. The van der Waals surface area contributed by atoms with Crippen molar-refractivity contribution in [2.75, 3.05) is 46.6 Å². The maximum Gasteiger partial charge on any atom is 0.0593 e. The molecule has 0 aromatic heterocycles. The summed E-state index contributed by atoms with van der Waals surface area (Å²) in [4.78, 5) is 2.63. The van der Waals surface area contributed by atoms with E-state index < -0.39 is 0 Å². The van der Waals surface area contributed by atoms with E-state index in [0.29, 0.717) is 6.04 Å². The van der Waals surface area contributed by atoms with E-state index in [9.17, 15) is 0 Å². The SMILES string of the molecule is CCCC1CN(CCOCCCOC)C(C)(CC)CN1. The number of piperazine rings is 1. The van der Waals surface area contributed by atoms with Crippen molar-refractivity contribution in [3.63, 3.8) is 0 Å². The minimum atomic E-state index is 0.278. The summed E-state index contributed by atoms with van der Waals surface area (Å²) in [7, 11) is 1.74. The molecule has 1 saturated heterocycles. The molecule has 20 heavy (non-hydrogen) atoms. The predicted molar refractivity (Wildman–Crippen MR) is 84.3 cm³/mol. The summed E-state index contributed by atoms with van der Waals surface area (Å²) in [5.74, 6) is 0. The Morgan fingerprint density at radius 3 is 2.70 bits per heavy atom. The van der Waals surface area contributed by atoms with Crippen LogP contribution >= 0.6 is 0 Å². The molecule has 0 bridgehead atoms. The van der Waals surface area contributed by atoms with Gasteiger partial charge in [-0.3, -0.25) is 4.90 Å². The number of hydrogen-bond acceptors (Lipinski definition) is 4. The van der Waals surface area contributed by atoms with Gasteiger partial charge in [-0.15, -0.1) is 0 Å². The van der Waals surface area contributed by atoms with E-state index in [-0.39, 0.29) is 5.54 Å². The molecule has 0 aromatic carbocycles. The molecular weight excluding hydrogens is 252 g/mol. The van der Waals surface area contributed by atoms with Gasteiger partial charge in [-0.05, 0) is 26.2 Å². The average Bonchev–Trinajstić information content (AvgIpc) is 2.46. The van der Waals surface area contributed by atoms with Crippen molar-refractivity contribution in [3.8, 4) is 0 Å². The molecule has 0 aliphatic carbocycles. The molecule has 4 nitrogen and oxygen atoms in total. The molecule has 1 rings (SSSR count). The first-order valence-corrected chi connectivity index (χ1v) is 8.21. The number of nitrogens with zero attached hydrogens (tertiary/aromatic N) is 1. The topological polar surface area (TPSA) is 33.7 Å². The molecule has 0 radical (unpaired) electrons. The molecule has 4 heteroatoms. The smallest absolute Gasteiger partial charge is 0.0593 e. The Hall–Kier alpha value is -0.160. The highest BCUT2D eigenvalue weighted by Gasteiger charge is 2.35. The molecule has 1 heterocycles. The summed E-state index contributed by atoms with van der Waals surface area (Å²) in [6.07, 6.45) is 4.69. The lowest BCUT2D eigenvalue weighted by Crippen LogP contribution is -2.63. The van der Waals surface area contributed by atoms with E-state index in [1.807, 2.05) is 0 Å². The fourth-order valence-electron chi connectivity index (χ4n) is 2.86. The van der Waals surface area contributed by atoms with Crippen LogP contribution < -0.4 is 5.32 Å². The second-order valence-electron chi connectivity index (χ2n) is 6.12. The van der Waals surface area contributed by atoms with Gasteiger partial charge in [0.1, 0.15) is 0 Å². The number of nitrogens with one attached hydrogen (secondary N) is 1. The van der Waals surface area contributed by atoms with Crippen molar-refractivity contribution in [1.82, 2.24) is 10.2 Å². The molecule has 0 spiro atoms. The van der Waals surface area contributed by atoms with Gasteiger partial charge in [0.05, 0.1) is 6.61 Å². The van der Waals surface area contributed by atoms with Crippen LogP contribution in [0.25, 0.3) is 0 Å². The number of methoxy groups -OCH3 is 1. The lowest BCUT2D eigenvalue weighted by molar-refractivity contribution is 0.0129. The summed E-state index contributed by atoms with van der Waals surface area (Å²) in [5, 5.41) is 3.71. The first kappa shape index (κ1) is 17.9. The zero-order valence-electron chi connectivity index (χ0n) is 13.9. The van der Waals surface area contributed by atoms with Crippen LogP contribution in [0.2, 0.25) is 0 Å². The number of ether oxygens (including phenoxy) is 2. The Morgan fingerprint density at radius 2 is 2.05 bits per heavy atom. The fourth-order valence-corrected chi connectivity index (χ4v) is 2.86. The van der Waals surface area contributed by atoms with Crippen molar-refractivity contribution < 1.29 is 9.47 Å². The second kappa shape index (κ2) is 9.72. The molecule has 1 aliphatic rings. The standard InChI is InChI=1S/C16H34N2O2/c1-5-8-15-13-18(16(3,6-2)14-17-15)9-12-20-11-7-10-19-4/h15,17H,5-14H2,1-4H3. The van der Waals surface area contributed by atoms with E-state index in [2.05, 4.69) is 31.0 Å². The normalized spacial score (nSPS) is 27.9. The highest BCUT2D eigenvalue weighted by molar-refractivity contribution is 4.94. The summed E-state index contributed by atoms with van der Waals surface area (Å²) in [5.41, 5.74) is 0.278. The lowest BCUT2D eigenvalue weighted by atomic mass is 9.91. The first-order valence-electron chi connectivity index (χ1n) is 8.21. The Labute approximate surface area is 125 Å². The van der Waals surface area contributed by atoms with Gasteiger partial charge in [-0.1, -0.05) is 20.3 Å². The van der Waals surface area contributed by atoms with Gasteiger partial charge in [0.15, 0.2) is 0 Å². The van der Waals surface area contributed by atoms with Crippen LogP contribution in [0.3, 0.4) is 0 Å². The van der Waals surface area contributed by atoms with Crippen LogP contribution in [0.4, 0.5) is 0 Å². The fraction of sp³-hybridized carbons (Fsp3) is 1.00. The van der Waals surface area contributed by atoms with Gasteiger partial charge in [-0.25, -0.2) is 0 Å². The molecule has 2 atom stereocenters. The number of rotatable bonds is 10. The van der Waals surface area contributed by atoms with Crippen molar-refractivity contribution in [1.29, 1.82) is 0 Å². The minimum absolute atomic E-state index is 0.278. The summed E-state index contributed by atoms with van der Waals surface area (Å²) < 4.78 is 10.8. The highest BCUT2D eigenvalue weighted by atomic mass is 16.5. The van der Waals surface area contributed by atoms with Gasteiger partial charge < -0.3 is 14.8 Å². The van der Waals surface area contributed by atoms with Gasteiger partial charge in [0.25, 0.3) is 0 Å². The third-order valence-electron chi connectivity index (χ3n) is 4.52. The zero-order chi connectivity index (χ0) is 14.8. The Morgan fingerprint density at radius 1 is 1.25 bits per heavy atom. The predicted octanol–water partition coefficient (Wildman–Crippen LogP) is 2.28. The average molecular weight is 286 g/mol. The Balaban J connectivity index is 2.33.